The molecular weight excluding hydrogens is 490 g/mol. The van der Waals surface area contributed by atoms with E-state index >= 15 is 0 Å². The fourth-order valence-corrected chi connectivity index (χ4v) is 3.47. The second-order valence-corrected chi connectivity index (χ2v) is 9.02. The number of aliphatic carboxylic acids is 2. The van der Waals surface area contributed by atoms with Crippen LogP contribution in [0.5, 0.6) is 0 Å². The number of carbonyl (C=O) groups is 2. The number of sulfonamides is 1. The molecule has 0 aliphatic rings. The molecule has 190 valence electrons. The van der Waals surface area contributed by atoms with Crippen molar-refractivity contribution >= 4 is 56.0 Å². The van der Waals surface area contributed by atoms with Gasteiger partial charge in [-0.1, -0.05) is 12.1 Å². The minimum Gasteiger partial charge on any atom is -0.481 e. The van der Waals surface area contributed by atoms with Gasteiger partial charge < -0.3 is 21.3 Å². The number of nitrogen functional groups attached to an aromatic ring is 1. The number of fused-ring (bicyclic) bond motifs is 1. The van der Waals surface area contributed by atoms with Gasteiger partial charge in [-0.3, -0.25) is 19.4 Å². The molecule has 2 aromatic carbocycles. The molecule has 0 saturated carbocycles. The number of nitrogens with two attached hydrogens (primary N) is 1. The molecule has 2 heterocycles. The predicted molar refractivity (Wildman–Crippen MR) is 136 cm³/mol. The van der Waals surface area contributed by atoms with Gasteiger partial charge in [0.25, 0.3) is 11.9 Å². The van der Waals surface area contributed by atoms with Crippen molar-refractivity contribution in [3.8, 4) is 11.1 Å². The van der Waals surface area contributed by atoms with E-state index in [1.807, 2.05) is 18.2 Å². The molecule has 36 heavy (non-hydrogen) atoms. The first-order chi connectivity index (χ1) is 16.8. The van der Waals surface area contributed by atoms with E-state index in [1.165, 1.54) is 0 Å². The summed E-state index contributed by atoms with van der Waals surface area (Å²) in [6, 6.07) is 12.7. The molecular formula is C22H25N7O6S. The van der Waals surface area contributed by atoms with E-state index in [1.54, 1.807) is 36.7 Å². The van der Waals surface area contributed by atoms with Crippen LogP contribution >= 0.6 is 0 Å². The monoisotopic (exact) mass is 515 g/mol. The van der Waals surface area contributed by atoms with E-state index < -0.39 is 22.0 Å². The van der Waals surface area contributed by atoms with Gasteiger partial charge in [-0.2, -0.15) is 10.1 Å². The Morgan fingerprint density at radius 3 is 2.31 bits per heavy atom. The third kappa shape index (κ3) is 9.26. The first kappa shape index (κ1) is 27.5. The predicted octanol–water partition coefficient (Wildman–Crippen LogP) is 2.90. The van der Waals surface area contributed by atoms with E-state index in [0.29, 0.717) is 11.5 Å². The number of benzene rings is 2. The number of anilines is 4. The molecule has 0 fully saturated rings. The summed E-state index contributed by atoms with van der Waals surface area (Å²) < 4.78 is 25.6. The number of nitrogens with one attached hydrogen (secondary N) is 3. The first-order valence-corrected chi connectivity index (χ1v) is 12.0. The Hall–Kier alpha value is -4.72. The highest BCUT2D eigenvalue weighted by Crippen LogP contribution is 2.33. The number of rotatable bonds is 5. The van der Waals surface area contributed by atoms with E-state index in [4.69, 9.17) is 25.5 Å². The van der Waals surface area contributed by atoms with Crippen LogP contribution in [0.2, 0.25) is 0 Å². The van der Waals surface area contributed by atoms with Crippen LogP contribution in [0.3, 0.4) is 0 Å². The molecule has 0 unspecified atom stereocenters. The minimum absolute atomic E-state index is 0.175. The molecule has 0 aliphatic heterocycles. The Morgan fingerprint density at radius 2 is 1.69 bits per heavy atom. The standard InChI is InChI=1S/C18H17N7O2S.2C2H4O2/c1-28(26,27)25-13-4-2-3-11(7-13)15-9-14(8-12-10-21-24-17(12)15)22-16-5-6-20-18(19)23-16;2*1-2(3)4/h2-10,25H,1H3,(H,21,24)(H3,19,20,22,23);2*1H3,(H,3,4). The molecule has 0 amide bonds. The van der Waals surface area contributed by atoms with Gasteiger partial charge in [0.1, 0.15) is 5.82 Å². The summed E-state index contributed by atoms with van der Waals surface area (Å²) in [6.45, 7) is 2.17. The maximum absolute atomic E-state index is 11.5. The lowest BCUT2D eigenvalue weighted by Gasteiger charge is -2.11. The Labute approximate surface area is 206 Å². The third-order valence-electron chi connectivity index (χ3n) is 3.97. The van der Waals surface area contributed by atoms with Gasteiger partial charge in [0.2, 0.25) is 16.0 Å². The number of hydrogen-bond donors (Lipinski definition) is 6. The summed E-state index contributed by atoms with van der Waals surface area (Å²) in [5, 5.41) is 26.0. The van der Waals surface area contributed by atoms with Crippen molar-refractivity contribution in [2.24, 2.45) is 0 Å². The van der Waals surface area contributed by atoms with Crippen LogP contribution in [0, 0.1) is 0 Å². The first-order valence-electron chi connectivity index (χ1n) is 10.1. The van der Waals surface area contributed by atoms with Gasteiger partial charge in [0, 0.05) is 42.4 Å². The van der Waals surface area contributed by atoms with Crippen molar-refractivity contribution in [1.29, 1.82) is 0 Å². The normalized spacial score (nSPS) is 10.3. The molecule has 0 atom stereocenters. The zero-order valence-electron chi connectivity index (χ0n) is 19.6. The van der Waals surface area contributed by atoms with E-state index in [0.717, 1.165) is 47.8 Å². The van der Waals surface area contributed by atoms with Crippen LogP contribution in [0.1, 0.15) is 13.8 Å². The van der Waals surface area contributed by atoms with Crippen LogP contribution in [0.15, 0.2) is 54.9 Å². The van der Waals surface area contributed by atoms with Crippen LogP contribution in [0.25, 0.3) is 22.0 Å². The fraction of sp³-hybridized carbons (Fsp3) is 0.136. The Kier molecular flexibility index (Phi) is 9.27. The molecule has 0 radical (unpaired) electrons. The number of aromatic nitrogens is 4. The topological polar surface area (TPSA) is 213 Å². The molecule has 4 aromatic rings. The Balaban J connectivity index is 0.000000501. The average Bonchev–Trinajstić information content (AvgIpc) is 3.20. The van der Waals surface area contributed by atoms with Gasteiger partial charge in [-0.05, 0) is 35.9 Å². The van der Waals surface area contributed by atoms with Crippen molar-refractivity contribution in [3.05, 3.63) is 54.9 Å². The van der Waals surface area contributed by atoms with Gasteiger partial charge in [0.05, 0.1) is 18.0 Å². The minimum atomic E-state index is -3.37. The number of carboxylic acids is 2. The number of nitrogens with zero attached hydrogens (tertiary/aromatic N) is 3. The maximum atomic E-state index is 11.5. The zero-order valence-corrected chi connectivity index (χ0v) is 20.4. The molecule has 4 rings (SSSR count). The summed E-state index contributed by atoms with van der Waals surface area (Å²) in [7, 11) is -3.37. The lowest BCUT2D eigenvalue weighted by molar-refractivity contribution is -0.135. The smallest absolute Gasteiger partial charge is 0.300 e. The average molecular weight is 516 g/mol. The quantitative estimate of drug-likeness (QED) is 0.227. The lowest BCUT2D eigenvalue weighted by atomic mass is 10.0. The zero-order chi connectivity index (χ0) is 26.9. The van der Waals surface area contributed by atoms with Crippen LogP contribution in [0.4, 0.5) is 23.1 Å². The van der Waals surface area contributed by atoms with E-state index in [9.17, 15) is 8.42 Å². The number of hydrogen-bond acceptors (Lipinski definition) is 9. The summed E-state index contributed by atoms with van der Waals surface area (Å²) in [5.74, 6) is -0.928. The van der Waals surface area contributed by atoms with Gasteiger partial charge in [0.15, 0.2) is 0 Å². The second kappa shape index (κ2) is 12.1. The highest BCUT2D eigenvalue weighted by Gasteiger charge is 2.11. The fourth-order valence-electron chi connectivity index (χ4n) is 2.91. The van der Waals surface area contributed by atoms with Crippen LogP contribution < -0.4 is 15.8 Å². The SMILES string of the molecule is CC(=O)O.CC(=O)O.CS(=O)(=O)Nc1cccc(-c2cc(Nc3ccnc(N)n3)cc3cn[nH]c23)c1. The molecule has 14 heteroatoms. The van der Waals surface area contributed by atoms with Gasteiger partial charge in [-0.15, -0.1) is 0 Å². The van der Waals surface area contributed by atoms with E-state index in [-0.39, 0.29) is 5.95 Å². The summed E-state index contributed by atoms with van der Waals surface area (Å²) in [4.78, 5) is 26.0. The van der Waals surface area contributed by atoms with Crippen molar-refractivity contribution in [2.45, 2.75) is 13.8 Å². The third-order valence-corrected chi connectivity index (χ3v) is 4.58. The van der Waals surface area contributed by atoms with E-state index in [2.05, 4.69) is 30.2 Å². The van der Waals surface area contributed by atoms with Crippen molar-refractivity contribution in [3.63, 3.8) is 0 Å². The molecule has 2 aromatic heterocycles. The molecule has 0 spiro atoms. The number of H-pyrrole nitrogens is 1. The van der Waals surface area contributed by atoms with Gasteiger partial charge in [-0.25, -0.2) is 13.4 Å². The highest BCUT2D eigenvalue weighted by molar-refractivity contribution is 7.92. The van der Waals surface area contributed by atoms with Crippen LogP contribution in [-0.2, 0) is 19.6 Å². The molecule has 13 nitrogen and oxygen atoms in total. The maximum Gasteiger partial charge on any atom is 0.300 e. The molecule has 0 bridgehead atoms. The summed E-state index contributed by atoms with van der Waals surface area (Å²) in [6.07, 6.45) is 4.41. The summed E-state index contributed by atoms with van der Waals surface area (Å²) >= 11 is 0. The van der Waals surface area contributed by atoms with Crippen molar-refractivity contribution < 1.29 is 28.2 Å². The van der Waals surface area contributed by atoms with Gasteiger partial charge >= 0.3 is 0 Å². The molecule has 7 N–H and O–H groups in total. The Morgan fingerprint density at radius 1 is 1.03 bits per heavy atom. The largest absolute Gasteiger partial charge is 0.481 e. The number of aromatic amines is 1. The number of carboxylic acid groups (broad SMARTS) is 2. The highest BCUT2D eigenvalue weighted by atomic mass is 32.2. The van der Waals surface area contributed by atoms with Crippen molar-refractivity contribution in [2.75, 3.05) is 22.0 Å². The Bertz CT molecular complexity index is 1450. The lowest BCUT2D eigenvalue weighted by Crippen LogP contribution is -2.09. The van der Waals surface area contributed by atoms with Crippen LogP contribution in [-0.4, -0.2) is 57.0 Å². The van der Waals surface area contributed by atoms with Crippen molar-refractivity contribution in [1.82, 2.24) is 20.2 Å². The molecule has 0 saturated heterocycles. The molecule has 0 aliphatic carbocycles. The second-order valence-electron chi connectivity index (χ2n) is 7.28. The summed E-state index contributed by atoms with van der Waals surface area (Å²) in [5.41, 5.74) is 9.43.